The van der Waals surface area contributed by atoms with Crippen LogP contribution in [0.5, 0.6) is 0 Å². The number of carbonyl (C=O) groups excluding carboxylic acids is 1. The summed E-state index contributed by atoms with van der Waals surface area (Å²) in [6.07, 6.45) is 2.60. The lowest BCUT2D eigenvalue weighted by atomic mass is 10.0. The van der Waals surface area contributed by atoms with Gasteiger partial charge in [-0.2, -0.15) is 0 Å². The van der Waals surface area contributed by atoms with Crippen molar-refractivity contribution < 1.29 is 18.0 Å². The van der Waals surface area contributed by atoms with E-state index in [0.717, 1.165) is 16.0 Å². The Morgan fingerprint density at radius 1 is 1.07 bits per heavy atom. The van der Waals surface area contributed by atoms with Crippen LogP contribution in [0, 0.1) is 0 Å². The normalized spacial score (nSPS) is 11.3. The van der Waals surface area contributed by atoms with Gasteiger partial charge in [0.25, 0.3) is 0 Å². The van der Waals surface area contributed by atoms with Crippen LogP contribution in [-0.4, -0.2) is 24.3 Å². The number of benzene rings is 2. The number of hydrogen-bond donors (Lipinski definition) is 1. The van der Waals surface area contributed by atoms with Gasteiger partial charge in [-0.05, 0) is 24.1 Å². The third-order valence-corrected chi connectivity index (χ3v) is 4.81. The van der Waals surface area contributed by atoms with E-state index in [1.54, 1.807) is 18.3 Å². The van der Waals surface area contributed by atoms with Crippen LogP contribution < -0.4 is 9.98 Å². The Bertz CT molecular complexity index is 1040. The molecule has 0 amide bonds. The molecule has 27 heavy (non-hydrogen) atoms. The smallest absolute Gasteiger partial charge is 0.319 e. The first-order valence-corrected chi connectivity index (χ1v) is 9.92. The van der Waals surface area contributed by atoms with Crippen LogP contribution in [0.1, 0.15) is 19.8 Å². The molecule has 2 aromatic carbocycles. The fraction of sp³-hybridized carbons (Fsp3) is 0.158. The molecule has 0 atom stereocenters. The van der Waals surface area contributed by atoms with Gasteiger partial charge in [-0.15, -0.1) is 5.10 Å². The van der Waals surface area contributed by atoms with Gasteiger partial charge in [-0.3, -0.25) is 0 Å². The van der Waals surface area contributed by atoms with Crippen LogP contribution in [0.4, 0.5) is 0 Å². The Morgan fingerprint density at radius 2 is 1.74 bits per heavy atom. The molecule has 0 fully saturated rings. The molecule has 0 aliphatic heterocycles. The van der Waals surface area contributed by atoms with Crippen molar-refractivity contribution in [3.63, 3.8) is 0 Å². The van der Waals surface area contributed by atoms with E-state index in [-0.39, 0.29) is 10.9 Å². The summed E-state index contributed by atoms with van der Waals surface area (Å²) in [5, 5.41) is 9.51. The largest absolute Gasteiger partial charge is 0.334 e. The zero-order valence-corrected chi connectivity index (χ0v) is 15.5. The van der Waals surface area contributed by atoms with Gasteiger partial charge in [0.1, 0.15) is 5.69 Å². The molecule has 0 spiro atoms. The topological polar surface area (TPSA) is 104 Å². The number of rotatable bonds is 6. The number of sulfonamides is 1. The predicted octanol–water partition coefficient (Wildman–Crippen LogP) is 2.62. The highest BCUT2D eigenvalue weighted by molar-refractivity contribution is 7.89. The minimum absolute atomic E-state index is 0.0151. The molecule has 140 valence electrons. The van der Waals surface area contributed by atoms with Crippen molar-refractivity contribution >= 4 is 16.0 Å². The van der Waals surface area contributed by atoms with E-state index >= 15 is 0 Å². The number of nitrogens with two attached hydrogens (primary N) is 1. The average Bonchev–Trinajstić information content (AvgIpc) is 3.06. The van der Waals surface area contributed by atoms with E-state index in [0.29, 0.717) is 24.1 Å². The molecular formula is C19H19N3O4S. The van der Waals surface area contributed by atoms with Gasteiger partial charge in [0.2, 0.25) is 10.0 Å². The van der Waals surface area contributed by atoms with E-state index < -0.39 is 10.0 Å². The first-order valence-electron chi connectivity index (χ1n) is 8.38. The second kappa shape index (κ2) is 7.73. The van der Waals surface area contributed by atoms with Gasteiger partial charge in [-0.1, -0.05) is 54.2 Å². The standard InChI is InChI=1S/C19H19N3O4S/c1-2-6-18(23)26-22-13-17(14-7-4-3-5-8-14)19(21-22)15-9-11-16(12-10-15)27(20,24)25/h3-5,7-13H,2,6H2,1H3,(H2,20,24,25). The summed E-state index contributed by atoms with van der Waals surface area (Å²) < 4.78 is 22.9. The second-order valence-electron chi connectivity index (χ2n) is 5.94. The first-order chi connectivity index (χ1) is 12.9. The van der Waals surface area contributed by atoms with Crippen molar-refractivity contribution in [3.05, 3.63) is 60.8 Å². The summed E-state index contributed by atoms with van der Waals surface area (Å²) >= 11 is 0. The number of aromatic nitrogens is 2. The third-order valence-electron chi connectivity index (χ3n) is 3.88. The number of carbonyl (C=O) groups is 1. The minimum Gasteiger partial charge on any atom is -0.319 e. The Kier molecular flexibility index (Phi) is 5.38. The molecule has 2 N–H and O–H groups in total. The maximum atomic E-state index is 11.8. The number of hydrogen-bond acceptors (Lipinski definition) is 5. The van der Waals surface area contributed by atoms with Crippen LogP contribution >= 0.6 is 0 Å². The second-order valence-corrected chi connectivity index (χ2v) is 7.50. The highest BCUT2D eigenvalue weighted by Gasteiger charge is 2.16. The summed E-state index contributed by atoms with van der Waals surface area (Å²) in [5.41, 5.74) is 2.88. The van der Waals surface area contributed by atoms with Crippen molar-refractivity contribution in [2.24, 2.45) is 5.14 Å². The van der Waals surface area contributed by atoms with Crippen molar-refractivity contribution in [1.29, 1.82) is 0 Å². The van der Waals surface area contributed by atoms with Gasteiger partial charge in [-0.25, -0.2) is 18.4 Å². The molecule has 7 nitrogen and oxygen atoms in total. The van der Waals surface area contributed by atoms with Crippen molar-refractivity contribution in [1.82, 2.24) is 9.94 Å². The highest BCUT2D eigenvalue weighted by atomic mass is 32.2. The van der Waals surface area contributed by atoms with Crippen molar-refractivity contribution in [3.8, 4) is 22.4 Å². The molecule has 0 aliphatic rings. The molecule has 0 saturated heterocycles. The van der Waals surface area contributed by atoms with E-state index in [9.17, 15) is 13.2 Å². The zero-order valence-electron chi connectivity index (χ0n) is 14.7. The monoisotopic (exact) mass is 385 g/mol. The molecule has 8 heteroatoms. The molecule has 3 rings (SSSR count). The Hall–Kier alpha value is -2.97. The molecule has 0 bridgehead atoms. The van der Waals surface area contributed by atoms with E-state index in [1.165, 1.54) is 12.1 Å². The summed E-state index contributed by atoms with van der Waals surface area (Å²) in [6, 6.07) is 15.6. The number of nitrogens with zero attached hydrogens (tertiary/aromatic N) is 2. The third kappa shape index (κ3) is 4.42. The van der Waals surface area contributed by atoms with E-state index in [4.69, 9.17) is 9.98 Å². The molecule has 3 aromatic rings. The molecule has 0 unspecified atom stereocenters. The molecular weight excluding hydrogens is 366 g/mol. The van der Waals surface area contributed by atoms with Gasteiger partial charge in [0, 0.05) is 17.5 Å². The van der Waals surface area contributed by atoms with Crippen molar-refractivity contribution in [2.75, 3.05) is 0 Å². The molecule has 0 radical (unpaired) electrons. The van der Waals surface area contributed by atoms with Gasteiger partial charge >= 0.3 is 5.97 Å². The predicted molar refractivity (Wildman–Crippen MR) is 101 cm³/mol. The van der Waals surface area contributed by atoms with Crippen LogP contribution in [0.25, 0.3) is 22.4 Å². The number of primary sulfonamides is 1. The zero-order chi connectivity index (χ0) is 19.4. The van der Waals surface area contributed by atoms with E-state index in [2.05, 4.69) is 5.10 Å². The maximum absolute atomic E-state index is 11.8. The lowest BCUT2D eigenvalue weighted by Gasteiger charge is -2.04. The fourth-order valence-electron chi connectivity index (χ4n) is 2.60. The van der Waals surface area contributed by atoms with Gasteiger partial charge in [0.15, 0.2) is 0 Å². The molecule has 1 aromatic heterocycles. The average molecular weight is 385 g/mol. The van der Waals surface area contributed by atoms with Crippen LogP contribution in [0.2, 0.25) is 0 Å². The van der Waals surface area contributed by atoms with Gasteiger partial charge in [0.05, 0.1) is 11.1 Å². The summed E-state index contributed by atoms with van der Waals surface area (Å²) in [7, 11) is -3.78. The van der Waals surface area contributed by atoms with Crippen LogP contribution in [0.15, 0.2) is 65.7 Å². The summed E-state index contributed by atoms with van der Waals surface area (Å²) in [4.78, 5) is 18.2. The van der Waals surface area contributed by atoms with Gasteiger partial charge < -0.3 is 4.84 Å². The summed E-state index contributed by atoms with van der Waals surface area (Å²) in [5.74, 6) is -0.379. The minimum atomic E-state index is -3.78. The highest BCUT2D eigenvalue weighted by Crippen LogP contribution is 2.31. The Balaban J connectivity index is 2.04. The Morgan fingerprint density at radius 3 is 2.33 bits per heavy atom. The quantitative estimate of drug-likeness (QED) is 0.702. The fourth-order valence-corrected chi connectivity index (χ4v) is 3.11. The maximum Gasteiger partial charge on any atom is 0.334 e. The molecule has 0 saturated carbocycles. The SMILES string of the molecule is CCCC(=O)On1cc(-c2ccccc2)c(-c2ccc(S(N)(=O)=O)cc2)n1. The molecule has 1 heterocycles. The Labute approximate surface area is 157 Å². The lowest BCUT2D eigenvalue weighted by molar-refractivity contribution is -0.145. The first kappa shape index (κ1) is 18.8. The van der Waals surface area contributed by atoms with Crippen molar-refractivity contribution in [2.45, 2.75) is 24.7 Å². The summed E-state index contributed by atoms with van der Waals surface area (Å²) in [6.45, 7) is 1.89. The molecule has 0 aliphatic carbocycles. The lowest BCUT2D eigenvalue weighted by Crippen LogP contribution is -2.19. The van der Waals surface area contributed by atoms with Crippen LogP contribution in [-0.2, 0) is 14.8 Å². The van der Waals surface area contributed by atoms with Crippen LogP contribution in [0.3, 0.4) is 0 Å². The van der Waals surface area contributed by atoms with E-state index in [1.807, 2.05) is 37.3 Å².